The number of carbonyl (C=O) groups excluding carboxylic acids is 1. The maximum absolute atomic E-state index is 11.4. The molecule has 0 saturated heterocycles. The van der Waals surface area contributed by atoms with Crippen molar-refractivity contribution in [3.8, 4) is 0 Å². The van der Waals surface area contributed by atoms with Crippen LogP contribution >= 0.6 is 0 Å². The molecule has 0 aliphatic carbocycles. The molecule has 2 aromatic carbocycles. The van der Waals surface area contributed by atoms with Gasteiger partial charge in [-0.3, -0.25) is 9.69 Å². The highest BCUT2D eigenvalue weighted by Crippen LogP contribution is 2.13. The predicted octanol–water partition coefficient (Wildman–Crippen LogP) is 2.00. The van der Waals surface area contributed by atoms with Gasteiger partial charge in [0.25, 0.3) is 0 Å². The summed E-state index contributed by atoms with van der Waals surface area (Å²) < 4.78 is 0. The molecule has 4 N–H and O–H groups in total. The summed E-state index contributed by atoms with van der Waals surface area (Å²) in [5.74, 6) is -0.388. The smallest absolute Gasteiger partial charge is 0.249 e. The molecule has 0 unspecified atom stereocenters. The number of anilines is 1. The third-order valence-electron chi connectivity index (χ3n) is 3.16. The third-order valence-corrected chi connectivity index (χ3v) is 3.16. The van der Waals surface area contributed by atoms with Gasteiger partial charge in [0.15, 0.2) is 0 Å². The quantitative estimate of drug-likeness (QED) is 0.815. The van der Waals surface area contributed by atoms with Gasteiger partial charge < -0.3 is 11.5 Å². The number of primary amides is 1. The molecule has 0 aromatic heterocycles. The molecule has 1 amide bonds. The van der Waals surface area contributed by atoms with Gasteiger partial charge in [-0.25, -0.2) is 0 Å². The fraction of sp³-hybridized carbons (Fsp3) is 0.188. The van der Waals surface area contributed by atoms with Gasteiger partial charge in [0.2, 0.25) is 5.91 Å². The van der Waals surface area contributed by atoms with E-state index in [2.05, 4.69) is 4.90 Å². The Balaban J connectivity index is 2.06. The van der Waals surface area contributed by atoms with Crippen LogP contribution in [0.4, 0.5) is 5.69 Å². The molecular weight excluding hydrogens is 250 g/mol. The normalized spacial score (nSPS) is 10.7. The van der Waals surface area contributed by atoms with E-state index >= 15 is 0 Å². The van der Waals surface area contributed by atoms with Crippen molar-refractivity contribution >= 4 is 11.6 Å². The summed E-state index contributed by atoms with van der Waals surface area (Å²) in [5, 5.41) is 0. The first-order valence-electron chi connectivity index (χ1n) is 6.47. The molecule has 0 radical (unpaired) electrons. The zero-order chi connectivity index (χ0) is 14.5. The van der Waals surface area contributed by atoms with Crippen LogP contribution in [0.5, 0.6) is 0 Å². The molecule has 0 heterocycles. The van der Waals surface area contributed by atoms with Gasteiger partial charge in [-0.1, -0.05) is 30.3 Å². The molecule has 104 valence electrons. The largest absolute Gasteiger partial charge is 0.399 e. The number of rotatable bonds is 5. The predicted molar refractivity (Wildman–Crippen MR) is 81.0 cm³/mol. The first-order chi connectivity index (χ1) is 9.56. The molecule has 0 aliphatic rings. The maximum atomic E-state index is 11.4. The van der Waals surface area contributed by atoms with E-state index in [4.69, 9.17) is 11.5 Å². The zero-order valence-electron chi connectivity index (χ0n) is 11.5. The average Bonchev–Trinajstić information content (AvgIpc) is 2.41. The first kappa shape index (κ1) is 14.1. The fourth-order valence-corrected chi connectivity index (χ4v) is 2.18. The van der Waals surface area contributed by atoms with Gasteiger partial charge in [0.1, 0.15) is 0 Å². The highest BCUT2D eigenvalue weighted by atomic mass is 16.1. The highest BCUT2D eigenvalue weighted by Gasteiger charge is 2.09. The van der Waals surface area contributed by atoms with E-state index in [0.717, 1.165) is 17.8 Å². The summed E-state index contributed by atoms with van der Waals surface area (Å²) in [5.41, 5.74) is 14.5. The second-order valence-corrected chi connectivity index (χ2v) is 4.94. The maximum Gasteiger partial charge on any atom is 0.249 e. The van der Waals surface area contributed by atoms with E-state index in [1.807, 2.05) is 49.5 Å². The number of nitrogens with two attached hydrogens (primary N) is 2. The molecule has 0 bridgehead atoms. The van der Waals surface area contributed by atoms with Crippen molar-refractivity contribution in [1.82, 2.24) is 4.90 Å². The van der Waals surface area contributed by atoms with E-state index in [9.17, 15) is 4.79 Å². The Labute approximate surface area is 119 Å². The standard InChI is InChI=1S/C16H19N3O/c1-19(10-12-6-8-14(17)9-7-12)11-13-4-2-3-5-15(13)16(18)20/h2-9H,10-11,17H2,1H3,(H2,18,20). The molecule has 2 aromatic rings. The molecule has 20 heavy (non-hydrogen) atoms. The number of hydrogen-bond acceptors (Lipinski definition) is 3. The summed E-state index contributed by atoms with van der Waals surface area (Å²) in [6, 6.07) is 15.2. The lowest BCUT2D eigenvalue weighted by molar-refractivity contribution is 0.0998. The summed E-state index contributed by atoms with van der Waals surface area (Å²) in [4.78, 5) is 13.5. The summed E-state index contributed by atoms with van der Waals surface area (Å²) in [6.07, 6.45) is 0. The minimum atomic E-state index is -0.388. The molecule has 0 aliphatic heterocycles. The van der Waals surface area contributed by atoms with Gasteiger partial charge in [0.05, 0.1) is 0 Å². The van der Waals surface area contributed by atoms with E-state index < -0.39 is 0 Å². The lowest BCUT2D eigenvalue weighted by Gasteiger charge is -2.18. The van der Waals surface area contributed by atoms with Crippen LogP contribution in [-0.2, 0) is 13.1 Å². The molecule has 2 rings (SSSR count). The second-order valence-electron chi connectivity index (χ2n) is 4.94. The molecule has 0 spiro atoms. The number of nitrogen functional groups attached to an aromatic ring is 1. The molecule has 0 saturated carbocycles. The minimum Gasteiger partial charge on any atom is -0.399 e. The minimum absolute atomic E-state index is 0.388. The first-order valence-corrected chi connectivity index (χ1v) is 6.47. The Morgan fingerprint density at radius 2 is 1.70 bits per heavy atom. The van der Waals surface area contributed by atoms with Crippen molar-refractivity contribution in [3.63, 3.8) is 0 Å². The summed E-state index contributed by atoms with van der Waals surface area (Å²) in [7, 11) is 2.01. The molecule has 4 heteroatoms. The Morgan fingerprint density at radius 1 is 1.05 bits per heavy atom. The lowest BCUT2D eigenvalue weighted by Crippen LogP contribution is -2.21. The van der Waals surface area contributed by atoms with E-state index in [1.54, 1.807) is 6.07 Å². The second kappa shape index (κ2) is 6.21. The Hall–Kier alpha value is -2.33. The van der Waals surface area contributed by atoms with Gasteiger partial charge in [-0.2, -0.15) is 0 Å². The topological polar surface area (TPSA) is 72.3 Å². The van der Waals surface area contributed by atoms with E-state index in [-0.39, 0.29) is 5.91 Å². The van der Waals surface area contributed by atoms with Crippen LogP contribution in [0, 0.1) is 0 Å². The van der Waals surface area contributed by atoms with Crippen LogP contribution in [0.1, 0.15) is 21.5 Å². The fourth-order valence-electron chi connectivity index (χ4n) is 2.18. The van der Waals surface area contributed by atoms with Gasteiger partial charge >= 0.3 is 0 Å². The van der Waals surface area contributed by atoms with Crippen LogP contribution < -0.4 is 11.5 Å². The summed E-state index contributed by atoms with van der Waals surface area (Å²) in [6.45, 7) is 1.46. The monoisotopic (exact) mass is 269 g/mol. The van der Waals surface area contributed by atoms with Crippen molar-refractivity contribution in [2.45, 2.75) is 13.1 Å². The number of hydrogen-bond donors (Lipinski definition) is 2. The SMILES string of the molecule is CN(Cc1ccc(N)cc1)Cc1ccccc1C(N)=O. The van der Waals surface area contributed by atoms with Gasteiger partial charge in [-0.05, 0) is 36.4 Å². The number of carbonyl (C=O) groups is 1. The molecular formula is C16H19N3O. The lowest BCUT2D eigenvalue weighted by atomic mass is 10.1. The Kier molecular flexibility index (Phi) is 4.38. The zero-order valence-corrected chi connectivity index (χ0v) is 11.5. The van der Waals surface area contributed by atoms with Crippen molar-refractivity contribution in [2.24, 2.45) is 5.73 Å². The van der Waals surface area contributed by atoms with Gasteiger partial charge in [0, 0.05) is 24.3 Å². The Morgan fingerprint density at radius 3 is 2.35 bits per heavy atom. The van der Waals surface area contributed by atoms with Crippen LogP contribution in [0.15, 0.2) is 48.5 Å². The third kappa shape index (κ3) is 3.59. The molecule has 0 fully saturated rings. The average molecular weight is 269 g/mol. The number of benzene rings is 2. The van der Waals surface area contributed by atoms with Crippen LogP contribution in [0.3, 0.4) is 0 Å². The number of amides is 1. The summed E-state index contributed by atoms with van der Waals surface area (Å²) >= 11 is 0. The van der Waals surface area contributed by atoms with Gasteiger partial charge in [-0.15, -0.1) is 0 Å². The molecule has 0 atom stereocenters. The van der Waals surface area contributed by atoms with Crippen molar-refractivity contribution < 1.29 is 4.79 Å². The van der Waals surface area contributed by atoms with E-state index in [1.165, 1.54) is 5.56 Å². The van der Waals surface area contributed by atoms with Crippen molar-refractivity contribution in [2.75, 3.05) is 12.8 Å². The van der Waals surface area contributed by atoms with Crippen LogP contribution in [0.2, 0.25) is 0 Å². The van der Waals surface area contributed by atoms with Crippen molar-refractivity contribution in [1.29, 1.82) is 0 Å². The molecule has 4 nitrogen and oxygen atoms in total. The Bertz CT molecular complexity index is 593. The van der Waals surface area contributed by atoms with Crippen LogP contribution in [0.25, 0.3) is 0 Å². The number of nitrogens with zero attached hydrogens (tertiary/aromatic N) is 1. The highest BCUT2D eigenvalue weighted by molar-refractivity contribution is 5.94. The van der Waals surface area contributed by atoms with Crippen LogP contribution in [-0.4, -0.2) is 17.9 Å². The van der Waals surface area contributed by atoms with Crippen molar-refractivity contribution in [3.05, 3.63) is 65.2 Å². The van der Waals surface area contributed by atoms with E-state index in [0.29, 0.717) is 12.1 Å².